The third-order valence-corrected chi connectivity index (χ3v) is 5.78. The summed E-state index contributed by atoms with van der Waals surface area (Å²) >= 11 is 1.53. The van der Waals surface area contributed by atoms with Gasteiger partial charge < -0.3 is 14.8 Å². The summed E-state index contributed by atoms with van der Waals surface area (Å²) in [5, 5.41) is 3.57. The maximum Gasteiger partial charge on any atom is 0.341 e. The topological polar surface area (TPSA) is 64.6 Å². The molecule has 1 saturated heterocycles. The molecule has 1 aromatic rings. The fourth-order valence-corrected chi connectivity index (χ4v) is 4.70. The Morgan fingerprint density at radius 3 is 2.92 bits per heavy atom. The van der Waals surface area contributed by atoms with E-state index >= 15 is 0 Å². The van der Waals surface area contributed by atoms with Crippen LogP contribution < -0.4 is 5.32 Å². The molecule has 5 nitrogen and oxygen atoms in total. The number of carbonyl (C=O) groups is 2. The number of esters is 1. The fourth-order valence-electron chi connectivity index (χ4n) is 3.30. The average Bonchev–Trinajstić information content (AvgIpc) is 3.19. The minimum absolute atomic E-state index is 0.149. The third kappa shape index (κ3) is 3.64. The second-order valence-corrected chi connectivity index (χ2v) is 7.79. The Morgan fingerprint density at radius 1 is 1.38 bits per heavy atom. The van der Waals surface area contributed by atoms with E-state index in [-0.39, 0.29) is 11.9 Å². The van der Waals surface area contributed by atoms with Gasteiger partial charge in [0.05, 0.1) is 12.2 Å². The molecular weight excluding hydrogens is 326 g/mol. The van der Waals surface area contributed by atoms with E-state index in [0.29, 0.717) is 29.7 Å². The van der Waals surface area contributed by atoms with Crippen molar-refractivity contribution >= 4 is 28.2 Å². The summed E-state index contributed by atoms with van der Waals surface area (Å²) in [7, 11) is 0. The smallest absolute Gasteiger partial charge is 0.341 e. The standard InChI is InChI=1S/C18H25NO4S/c1-3-8-23-18(21)15-12-7-6-11(2)10-14(12)24-17(15)19-16(20)13-5-4-9-22-13/h11,13H,3-10H2,1-2H3,(H,19,20)/t11-,13+/m1/s1. The lowest BCUT2D eigenvalue weighted by molar-refractivity contribution is -0.124. The Hall–Kier alpha value is -1.40. The Morgan fingerprint density at radius 2 is 2.21 bits per heavy atom. The molecule has 0 radical (unpaired) electrons. The van der Waals surface area contributed by atoms with Crippen molar-refractivity contribution in [1.29, 1.82) is 0 Å². The van der Waals surface area contributed by atoms with Gasteiger partial charge in [-0.25, -0.2) is 4.79 Å². The van der Waals surface area contributed by atoms with Crippen molar-refractivity contribution in [3.8, 4) is 0 Å². The van der Waals surface area contributed by atoms with Crippen LogP contribution in [0, 0.1) is 5.92 Å². The first-order chi connectivity index (χ1) is 11.6. The molecule has 1 aliphatic carbocycles. The lowest BCUT2D eigenvalue weighted by atomic mass is 9.88. The number of hydrogen-bond donors (Lipinski definition) is 1. The summed E-state index contributed by atoms with van der Waals surface area (Å²) in [6.45, 7) is 5.22. The van der Waals surface area contributed by atoms with Gasteiger partial charge >= 0.3 is 5.97 Å². The molecule has 6 heteroatoms. The lowest BCUT2D eigenvalue weighted by Gasteiger charge is -2.18. The first-order valence-electron chi connectivity index (χ1n) is 8.84. The zero-order valence-corrected chi connectivity index (χ0v) is 15.2. The minimum Gasteiger partial charge on any atom is -0.462 e. The molecular formula is C18H25NO4S. The highest BCUT2D eigenvalue weighted by Crippen LogP contribution is 2.40. The maximum atomic E-state index is 12.5. The molecule has 1 fully saturated rings. The molecule has 0 bridgehead atoms. The van der Waals surface area contributed by atoms with Crippen LogP contribution in [0.15, 0.2) is 0 Å². The van der Waals surface area contributed by atoms with Gasteiger partial charge in [0.2, 0.25) is 0 Å². The third-order valence-electron chi connectivity index (χ3n) is 4.61. The predicted octanol–water partition coefficient (Wildman–Crippen LogP) is 3.56. The van der Waals surface area contributed by atoms with Crippen LogP contribution in [0.4, 0.5) is 5.00 Å². The van der Waals surface area contributed by atoms with Gasteiger partial charge in [0, 0.05) is 11.5 Å². The lowest BCUT2D eigenvalue weighted by Crippen LogP contribution is -2.27. The van der Waals surface area contributed by atoms with Gasteiger partial charge in [0.25, 0.3) is 5.91 Å². The first-order valence-corrected chi connectivity index (χ1v) is 9.66. The summed E-state index contributed by atoms with van der Waals surface area (Å²) in [6.07, 6.45) is 4.93. The number of amides is 1. The Bertz CT molecular complexity index is 619. The minimum atomic E-state index is -0.400. The summed E-state index contributed by atoms with van der Waals surface area (Å²) in [4.78, 5) is 26.2. The number of rotatable bonds is 5. The van der Waals surface area contributed by atoms with Gasteiger partial charge in [-0.2, -0.15) is 0 Å². The summed E-state index contributed by atoms with van der Waals surface area (Å²) in [5.74, 6) is 0.146. The zero-order valence-electron chi connectivity index (χ0n) is 14.4. The molecule has 3 rings (SSSR count). The fraction of sp³-hybridized carbons (Fsp3) is 0.667. The van der Waals surface area contributed by atoms with Crippen LogP contribution in [-0.4, -0.2) is 31.2 Å². The molecule has 2 heterocycles. The summed E-state index contributed by atoms with van der Waals surface area (Å²) in [5.41, 5.74) is 1.64. The van der Waals surface area contributed by atoms with Crippen molar-refractivity contribution in [3.63, 3.8) is 0 Å². The van der Waals surface area contributed by atoms with Gasteiger partial charge in [0.1, 0.15) is 11.1 Å². The van der Waals surface area contributed by atoms with Crippen LogP contribution in [0.3, 0.4) is 0 Å². The zero-order chi connectivity index (χ0) is 17.1. The van der Waals surface area contributed by atoms with Crippen LogP contribution in [-0.2, 0) is 27.1 Å². The van der Waals surface area contributed by atoms with Crippen molar-refractivity contribution in [2.24, 2.45) is 5.92 Å². The van der Waals surface area contributed by atoms with E-state index in [0.717, 1.165) is 44.1 Å². The maximum absolute atomic E-state index is 12.5. The molecule has 1 aromatic heterocycles. The summed E-state index contributed by atoms with van der Waals surface area (Å²) in [6, 6.07) is 0. The van der Waals surface area contributed by atoms with E-state index in [1.807, 2.05) is 6.92 Å². The SMILES string of the molecule is CCCOC(=O)c1c(NC(=O)[C@@H]2CCCO2)sc2c1CC[C@@H](C)C2. The highest BCUT2D eigenvalue weighted by atomic mass is 32.1. The summed E-state index contributed by atoms with van der Waals surface area (Å²) < 4.78 is 10.8. The quantitative estimate of drug-likeness (QED) is 0.824. The van der Waals surface area contributed by atoms with Crippen molar-refractivity contribution < 1.29 is 19.1 Å². The van der Waals surface area contributed by atoms with E-state index in [1.54, 1.807) is 0 Å². The average molecular weight is 351 g/mol. The van der Waals surface area contributed by atoms with E-state index in [2.05, 4.69) is 12.2 Å². The molecule has 0 unspecified atom stereocenters. The second kappa shape index (κ2) is 7.66. The molecule has 2 aliphatic rings. The van der Waals surface area contributed by atoms with E-state index in [9.17, 15) is 9.59 Å². The number of carbonyl (C=O) groups excluding carboxylic acids is 2. The van der Waals surface area contributed by atoms with E-state index < -0.39 is 6.10 Å². The molecule has 1 amide bonds. The first kappa shape index (κ1) is 17.4. The molecule has 1 aliphatic heterocycles. The molecule has 0 saturated carbocycles. The molecule has 0 spiro atoms. The highest BCUT2D eigenvalue weighted by Gasteiger charge is 2.31. The van der Waals surface area contributed by atoms with Gasteiger partial charge in [-0.15, -0.1) is 11.3 Å². The predicted molar refractivity (Wildman–Crippen MR) is 93.7 cm³/mol. The van der Waals surface area contributed by atoms with Gasteiger partial charge in [0.15, 0.2) is 0 Å². The second-order valence-electron chi connectivity index (χ2n) is 6.68. The van der Waals surface area contributed by atoms with Crippen molar-refractivity contribution in [2.75, 3.05) is 18.5 Å². The van der Waals surface area contributed by atoms with Crippen molar-refractivity contribution in [2.45, 2.75) is 58.5 Å². The Kier molecular flexibility index (Phi) is 5.56. The largest absolute Gasteiger partial charge is 0.462 e. The molecule has 0 aromatic carbocycles. The highest BCUT2D eigenvalue weighted by molar-refractivity contribution is 7.17. The van der Waals surface area contributed by atoms with Crippen LogP contribution >= 0.6 is 11.3 Å². The van der Waals surface area contributed by atoms with Gasteiger partial charge in [-0.05, 0) is 50.0 Å². The number of ether oxygens (including phenoxy) is 2. The van der Waals surface area contributed by atoms with E-state index in [4.69, 9.17) is 9.47 Å². The number of thiophene rings is 1. The van der Waals surface area contributed by atoms with Crippen LogP contribution in [0.2, 0.25) is 0 Å². The number of anilines is 1. The molecule has 2 atom stereocenters. The van der Waals surface area contributed by atoms with Gasteiger partial charge in [-0.3, -0.25) is 4.79 Å². The van der Waals surface area contributed by atoms with Crippen molar-refractivity contribution in [1.82, 2.24) is 0 Å². The molecule has 1 N–H and O–H groups in total. The normalized spacial score (nSPS) is 22.9. The van der Waals surface area contributed by atoms with Crippen LogP contribution in [0.5, 0.6) is 0 Å². The molecule has 132 valence electrons. The Labute approximate surface area is 146 Å². The monoisotopic (exact) mass is 351 g/mol. The Balaban J connectivity index is 1.85. The number of nitrogens with one attached hydrogen (secondary N) is 1. The van der Waals surface area contributed by atoms with Crippen LogP contribution in [0.1, 0.15) is 60.3 Å². The van der Waals surface area contributed by atoms with Crippen molar-refractivity contribution in [3.05, 3.63) is 16.0 Å². The number of fused-ring (bicyclic) bond motifs is 1. The number of hydrogen-bond acceptors (Lipinski definition) is 5. The van der Waals surface area contributed by atoms with E-state index in [1.165, 1.54) is 16.2 Å². The van der Waals surface area contributed by atoms with Crippen LogP contribution in [0.25, 0.3) is 0 Å². The molecule has 24 heavy (non-hydrogen) atoms. The van der Waals surface area contributed by atoms with Gasteiger partial charge in [-0.1, -0.05) is 13.8 Å².